The number of carbonyl (C=O) groups excluding carboxylic acids is 1. The Morgan fingerprint density at radius 1 is 1.10 bits per heavy atom. The molecule has 1 atom stereocenters. The number of nitrogens with one attached hydrogen (secondary N) is 2. The maximum absolute atomic E-state index is 12.6. The monoisotopic (exact) mass is 304 g/mol. The van der Waals surface area contributed by atoms with E-state index in [9.17, 15) is 18.0 Å². The number of carbonyl (C=O) groups is 1. The van der Waals surface area contributed by atoms with Crippen molar-refractivity contribution < 1.29 is 18.0 Å². The van der Waals surface area contributed by atoms with Gasteiger partial charge in [-0.15, -0.1) is 0 Å². The normalized spacial score (nSPS) is 35.5. The number of hydrogen-bond donors (Lipinski definition) is 2. The van der Waals surface area contributed by atoms with Crippen LogP contribution in [0.25, 0.3) is 0 Å². The second-order valence-electron chi connectivity index (χ2n) is 6.97. The van der Waals surface area contributed by atoms with Crippen LogP contribution in [0.5, 0.6) is 0 Å². The quantitative estimate of drug-likeness (QED) is 0.823. The van der Waals surface area contributed by atoms with E-state index in [-0.39, 0.29) is 36.1 Å². The number of halogens is 3. The molecule has 0 aromatic carbocycles. The second kappa shape index (κ2) is 5.45. The van der Waals surface area contributed by atoms with Gasteiger partial charge in [0.1, 0.15) is 0 Å². The molecular weight excluding hydrogens is 281 g/mol. The zero-order valence-electron chi connectivity index (χ0n) is 12.1. The Morgan fingerprint density at radius 3 is 2.29 bits per heavy atom. The van der Waals surface area contributed by atoms with Crippen LogP contribution >= 0.6 is 0 Å². The molecule has 3 rings (SSSR count). The van der Waals surface area contributed by atoms with Crippen molar-refractivity contribution >= 4 is 5.91 Å². The van der Waals surface area contributed by atoms with Crippen LogP contribution in [0.4, 0.5) is 13.2 Å². The van der Waals surface area contributed by atoms with Crippen molar-refractivity contribution in [1.29, 1.82) is 0 Å². The molecule has 1 amide bonds. The van der Waals surface area contributed by atoms with E-state index < -0.39 is 12.1 Å². The highest BCUT2D eigenvalue weighted by Gasteiger charge is 2.57. The van der Waals surface area contributed by atoms with Gasteiger partial charge in [0, 0.05) is 12.0 Å². The van der Waals surface area contributed by atoms with Gasteiger partial charge in [-0.05, 0) is 63.5 Å². The van der Waals surface area contributed by atoms with Gasteiger partial charge in [-0.2, -0.15) is 13.2 Å². The third-order valence-electron chi connectivity index (χ3n) is 5.64. The predicted octanol–water partition coefficient (Wildman–Crippen LogP) is 2.61. The molecule has 6 heteroatoms. The van der Waals surface area contributed by atoms with Crippen molar-refractivity contribution in [3.8, 4) is 0 Å². The lowest BCUT2D eigenvalue weighted by atomic mass is 9.85. The lowest BCUT2D eigenvalue weighted by molar-refractivity contribution is -0.182. The Hall–Kier alpha value is -0.780. The smallest absolute Gasteiger partial charge is 0.353 e. The SMILES string of the molecule is O=C(NC1CCC(C(F)(F)F)CC1)C1CC12CCNCC2. The van der Waals surface area contributed by atoms with Gasteiger partial charge in [0.15, 0.2) is 0 Å². The van der Waals surface area contributed by atoms with Crippen molar-refractivity contribution in [2.24, 2.45) is 17.3 Å². The minimum absolute atomic E-state index is 0.0598. The van der Waals surface area contributed by atoms with Crippen molar-refractivity contribution in [1.82, 2.24) is 10.6 Å². The van der Waals surface area contributed by atoms with Crippen LogP contribution in [0.2, 0.25) is 0 Å². The van der Waals surface area contributed by atoms with Crippen molar-refractivity contribution in [3.05, 3.63) is 0 Å². The van der Waals surface area contributed by atoms with Crippen LogP contribution in [-0.4, -0.2) is 31.2 Å². The fourth-order valence-corrected chi connectivity index (χ4v) is 4.06. The van der Waals surface area contributed by atoms with Gasteiger partial charge in [-0.1, -0.05) is 0 Å². The highest BCUT2D eigenvalue weighted by molar-refractivity contribution is 5.82. The number of rotatable bonds is 2. The molecule has 2 saturated carbocycles. The number of alkyl halides is 3. The lowest BCUT2D eigenvalue weighted by Crippen LogP contribution is -2.42. The van der Waals surface area contributed by atoms with Gasteiger partial charge in [0.2, 0.25) is 5.91 Å². The van der Waals surface area contributed by atoms with E-state index in [1.54, 1.807) is 0 Å². The van der Waals surface area contributed by atoms with Gasteiger partial charge in [-0.3, -0.25) is 4.79 Å². The third-order valence-corrected chi connectivity index (χ3v) is 5.64. The molecule has 1 spiro atoms. The molecule has 0 radical (unpaired) electrons. The van der Waals surface area contributed by atoms with E-state index in [1.165, 1.54) is 0 Å². The number of amides is 1. The summed E-state index contributed by atoms with van der Waals surface area (Å²) in [6, 6.07) is -0.0598. The van der Waals surface area contributed by atoms with Crippen LogP contribution in [-0.2, 0) is 4.79 Å². The van der Waals surface area contributed by atoms with Crippen LogP contribution < -0.4 is 10.6 Å². The van der Waals surface area contributed by atoms with Gasteiger partial charge in [-0.25, -0.2) is 0 Å². The van der Waals surface area contributed by atoms with E-state index in [0.29, 0.717) is 12.8 Å². The topological polar surface area (TPSA) is 41.1 Å². The maximum atomic E-state index is 12.6. The Balaban J connectivity index is 1.45. The van der Waals surface area contributed by atoms with Gasteiger partial charge >= 0.3 is 6.18 Å². The first-order valence-electron chi connectivity index (χ1n) is 7.98. The van der Waals surface area contributed by atoms with Crippen molar-refractivity contribution in [3.63, 3.8) is 0 Å². The van der Waals surface area contributed by atoms with E-state index in [0.717, 1.165) is 32.4 Å². The molecular formula is C15H23F3N2O. The molecule has 0 bridgehead atoms. The molecule has 1 unspecified atom stereocenters. The standard InChI is InChI=1S/C15H23F3N2O/c16-15(17,18)10-1-3-11(4-2-10)20-13(21)12-9-14(12)5-7-19-8-6-14/h10-12,19H,1-9H2,(H,20,21). The number of hydrogen-bond acceptors (Lipinski definition) is 2. The molecule has 21 heavy (non-hydrogen) atoms. The summed E-state index contributed by atoms with van der Waals surface area (Å²) in [5, 5.41) is 6.30. The Labute approximate surface area is 123 Å². The molecule has 1 heterocycles. The molecule has 2 aliphatic carbocycles. The number of piperidine rings is 1. The molecule has 120 valence electrons. The summed E-state index contributed by atoms with van der Waals surface area (Å²) >= 11 is 0. The van der Waals surface area contributed by atoms with Gasteiger partial charge in [0.05, 0.1) is 5.92 Å². The molecule has 1 saturated heterocycles. The molecule has 0 aromatic rings. The minimum atomic E-state index is -4.08. The van der Waals surface area contributed by atoms with Crippen molar-refractivity contribution in [2.75, 3.05) is 13.1 Å². The fourth-order valence-electron chi connectivity index (χ4n) is 4.06. The summed E-state index contributed by atoms with van der Waals surface area (Å²) in [4.78, 5) is 12.3. The molecule has 0 aromatic heterocycles. The average Bonchev–Trinajstić information content (AvgIpc) is 3.13. The summed E-state index contributed by atoms with van der Waals surface area (Å²) < 4.78 is 37.8. The first kappa shape index (κ1) is 15.1. The Kier molecular flexibility index (Phi) is 3.93. The summed E-state index contributed by atoms with van der Waals surface area (Å²) in [6.45, 7) is 1.95. The summed E-state index contributed by atoms with van der Waals surface area (Å²) in [7, 11) is 0. The zero-order valence-corrected chi connectivity index (χ0v) is 12.1. The largest absolute Gasteiger partial charge is 0.391 e. The van der Waals surface area contributed by atoms with Crippen molar-refractivity contribution in [2.45, 2.75) is 57.2 Å². The van der Waals surface area contributed by atoms with Crippen LogP contribution in [0.3, 0.4) is 0 Å². The second-order valence-corrected chi connectivity index (χ2v) is 6.97. The van der Waals surface area contributed by atoms with Crippen LogP contribution in [0.15, 0.2) is 0 Å². The first-order chi connectivity index (χ1) is 9.91. The molecule has 3 nitrogen and oxygen atoms in total. The average molecular weight is 304 g/mol. The first-order valence-corrected chi connectivity index (χ1v) is 7.98. The highest BCUT2D eigenvalue weighted by Crippen LogP contribution is 2.58. The Morgan fingerprint density at radius 2 is 1.71 bits per heavy atom. The van der Waals surface area contributed by atoms with Gasteiger partial charge < -0.3 is 10.6 Å². The zero-order chi connectivity index (χ0) is 15.1. The maximum Gasteiger partial charge on any atom is 0.391 e. The fraction of sp³-hybridized carbons (Fsp3) is 0.933. The lowest BCUT2D eigenvalue weighted by Gasteiger charge is -2.30. The Bertz CT molecular complexity index is 396. The van der Waals surface area contributed by atoms with E-state index >= 15 is 0 Å². The third kappa shape index (κ3) is 3.20. The molecule has 2 N–H and O–H groups in total. The van der Waals surface area contributed by atoms with Crippen LogP contribution in [0, 0.1) is 17.3 Å². The molecule has 3 fully saturated rings. The van der Waals surface area contributed by atoms with E-state index in [1.807, 2.05) is 0 Å². The predicted molar refractivity (Wildman–Crippen MR) is 72.6 cm³/mol. The summed E-state index contributed by atoms with van der Waals surface area (Å²) in [5.41, 5.74) is 0.193. The molecule has 1 aliphatic heterocycles. The molecule has 3 aliphatic rings. The summed E-state index contributed by atoms with van der Waals surface area (Å²) in [5.74, 6) is -1.00. The van der Waals surface area contributed by atoms with Gasteiger partial charge in [0.25, 0.3) is 0 Å². The summed E-state index contributed by atoms with van der Waals surface area (Å²) in [6.07, 6.45) is 0.178. The van der Waals surface area contributed by atoms with E-state index in [4.69, 9.17) is 0 Å². The highest BCUT2D eigenvalue weighted by atomic mass is 19.4. The van der Waals surface area contributed by atoms with Crippen LogP contribution in [0.1, 0.15) is 44.9 Å². The van der Waals surface area contributed by atoms with E-state index in [2.05, 4.69) is 10.6 Å². The minimum Gasteiger partial charge on any atom is -0.353 e.